The summed E-state index contributed by atoms with van der Waals surface area (Å²) in [5.74, 6) is 0.895. The van der Waals surface area contributed by atoms with Crippen LogP contribution in [0.4, 0.5) is 5.95 Å². The van der Waals surface area contributed by atoms with Gasteiger partial charge in [0, 0.05) is 31.5 Å². The molecule has 2 fully saturated rings. The summed E-state index contributed by atoms with van der Waals surface area (Å²) in [5, 5.41) is 0. The van der Waals surface area contributed by atoms with Crippen molar-refractivity contribution in [3.05, 3.63) is 18.0 Å². The van der Waals surface area contributed by atoms with Crippen molar-refractivity contribution in [2.24, 2.45) is 11.1 Å². The lowest BCUT2D eigenvalue weighted by molar-refractivity contribution is 0.225. The molecule has 4 nitrogen and oxygen atoms in total. The Hall–Kier alpha value is -1.16. The van der Waals surface area contributed by atoms with Gasteiger partial charge in [0.25, 0.3) is 0 Å². The van der Waals surface area contributed by atoms with E-state index >= 15 is 0 Å². The van der Waals surface area contributed by atoms with E-state index in [-0.39, 0.29) is 6.04 Å². The molecular formula is C16H26N4. The van der Waals surface area contributed by atoms with Gasteiger partial charge >= 0.3 is 0 Å². The summed E-state index contributed by atoms with van der Waals surface area (Å²) in [6.07, 6.45) is 13.1. The number of hydrogen-bond donors (Lipinski definition) is 1. The third-order valence-electron chi connectivity index (χ3n) is 5.02. The summed E-state index contributed by atoms with van der Waals surface area (Å²) < 4.78 is 0. The summed E-state index contributed by atoms with van der Waals surface area (Å²) >= 11 is 0. The van der Waals surface area contributed by atoms with Gasteiger partial charge < -0.3 is 10.6 Å². The van der Waals surface area contributed by atoms with Gasteiger partial charge in [-0.3, -0.25) is 0 Å². The van der Waals surface area contributed by atoms with Crippen LogP contribution in [0, 0.1) is 5.41 Å². The molecule has 1 saturated heterocycles. The van der Waals surface area contributed by atoms with Gasteiger partial charge in [0.05, 0.1) is 0 Å². The average molecular weight is 274 g/mol. The number of nitrogens with zero attached hydrogens (tertiary/aromatic N) is 3. The molecule has 20 heavy (non-hydrogen) atoms. The van der Waals surface area contributed by atoms with Gasteiger partial charge in [0.2, 0.25) is 5.95 Å². The second-order valence-corrected chi connectivity index (χ2v) is 6.77. The van der Waals surface area contributed by atoms with Crippen LogP contribution in [0.5, 0.6) is 0 Å². The molecule has 2 N–H and O–H groups in total. The maximum atomic E-state index is 5.81. The van der Waals surface area contributed by atoms with E-state index in [1.54, 1.807) is 0 Å². The van der Waals surface area contributed by atoms with Crippen molar-refractivity contribution in [1.29, 1.82) is 0 Å². The Morgan fingerprint density at radius 2 is 1.75 bits per heavy atom. The lowest BCUT2D eigenvalue weighted by Crippen LogP contribution is -2.39. The molecule has 1 atom stereocenters. The molecule has 1 aliphatic carbocycles. The predicted molar refractivity (Wildman–Crippen MR) is 81.7 cm³/mol. The molecule has 1 spiro atoms. The van der Waals surface area contributed by atoms with Crippen molar-refractivity contribution in [3.63, 3.8) is 0 Å². The molecule has 4 heteroatoms. The van der Waals surface area contributed by atoms with E-state index in [0.29, 0.717) is 5.41 Å². The number of rotatable bonds is 3. The molecule has 0 bridgehead atoms. The minimum atomic E-state index is 0.168. The Morgan fingerprint density at radius 3 is 2.30 bits per heavy atom. The van der Waals surface area contributed by atoms with Crippen molar-refractivity contribution >= 4 is 5.95 Å². The molecule has 1 aromatic rings. The molecule has 0 aromatic carbocycles. The van der Waals surface area contributed by atoms with Crippen LogP contribution in [0.25, 0.3) is 0 Å². The lowest BCUT2D eigenvalue weighted by Gasteiger charge is -2.39. The van der Waals surface area contributed by atoms with Crippen LogP contribution in [0.3, 0.4) is 0 Å². The largest absolute Gasteiger partial charge is 0.341 e. The van der Waals surface area contributed by atoms with Gasteiger partial charge in [-0.1, -0.05) is 12.8 Å². The third-order valence-corrected chi connectivity index (χ3v) is 5.02. The standard InChI is InChI=1S/C16H26N4/c1-13(17)10-14-11-18-15(19-12-14)20-8-6-16(7-9-20)4-2-3-5-16/h11-13H,2-10,17H2,1H3. The van der Waals surface area contributed by atoms with E-state index in [2.05, 4.69) is 14.9 Å². The first-order valence-corrected chi connectivity index (χ1v) is 7.98. The normalized spacial score (nSPS) is 23.2. The van der Waals surface area contributed by atoms with Gasteiger partial charge in [-0.15, -0.1) is 0 Å². The summed E-state index contributed by atoms with van der Waals surface area (Å²) in [6, 6.07) is 0.168. The first kappa shape index (κ1) is 13.8. The van der Waals surface area contributed by atoms with Gasteiger partial charge in [0.15, 0.2) is 0 Å². The molecule has 2 heterocycles. The number of anilines is 1. The van der Waals surface area contributed by atoms with E-state index < -0.39 is 0 Å². The molecule has 0 amide bonds. The first-order valence-electron chi connectivity index (χ1n) is 7.98. The van der Waals surface area contributed by atoms with Crippen molar-refractivity contribution in [2.75, 3.05) is 18.0 Å². The zero-order valence-corrected chi connectivity index (χ0v) is 12.5. The van der Waals surface area contributed by atoms with E-state index in [1.165, 1.54) is 38.5 Å². The zero-order valence-electron chi connectivity index (χ0n) is 12.5. The fourth-order valence-corrected chi connectivity index (χ4v) is 3.79. The summed E-state index contributed by atoms with van der Waals surface area (Å²) in [5.41, 5.74) is 7.60. The molecule has 1 aliphatic heterocycles. The molecule has 3 rings (SSSR count). The minimum absolute atomic E-state index is 0.168. The maximum absolute atomic E-state index is 5.81. The smallest absolute Gasteiger partial charge is 0.225 e. The molecule has 110 valence electrons. The molecule has 0 radical (unpaired) electrons. The second kappa shape index (κ2) is 5.68. The summed E-state index contributed by atoms with van der Waals surface area (Å²) in [7, 11) is 0. The van der Waals surface area contributed by atoms with Crippen molar-refractivity contribution in [3.8, 4) is 0 Å². The van der Waals surface area contributed by atoms with Crippen LogP contribution < -0.4 is 10.6 Å². The van der Waals surface area contributed by atoms with Gasteiger partial charge in [-0.05, 0) is 50.0 Å². The van der Waals surface area contributed by atoms with Gasteiger partial charge in [0.1, 0.15) is 0 Å². The Morgan fingerprint density at radius 1 is 1.15 bits per heavy atom. The van der Waals surface area contributed by atoms with Crippen LogP contribution in [-0.4, -0.2) is 29.1 Å². The summed E-state index contributed by atoms with van der Waals surface area (Å²) in [4.78, 5) is 11.4. The van der Waals surface area contributed by atoms with Gasteiger partial charge in [-0.25, -0.2) is 9.97 Å². The average Bonchev–Trinajstić information content (AvgIpc) is 2.89. The lowest BCUT2D eigenvalue weighted by atomic mass is 9.77. The third kappa shape index (κ3) is 2.95. The quantitative estimate of drug-likeness (QED) is 0.920. The SMILES string of the molecule is CC(N)Cc1cnc(N2CCC3(CCCC3)CC2)nc1. The molecule has 2 aliphatic rings. The number of nitrogens with two attached hydrogens (primary N) is 1. The van der Waals surface area contributed by atoms with E-state index in [1.807, 2.05) is 19.3 Å². The van der Waals surface area contributed by atoms with Crippen molar-refractivity contribution in [2.45, 2.75) is 57.9 Å². The highest BCUT2D eigenvalue weighted by atomic mass is 15.2. The van der Waals surface area contributed by atoms with Crippen LogP contribution in [0.2, 0.25) is 0 Å². The van der Waals surface area contributed by atoms with Crippen molar-refractivity contribution in [1.82, 2.24) is 9.97 Å². The second-order valence-electron chi connectivity index (χ2n) is 6.77. The zero-order chi connectivity index (χ0) is 14.0. The van der Waals surface area contributed by atoms with Crippen LogP contribution in [-0.2, 0) is 6.42 Å². The number of hydrogen-bond acceptors (Lipinski definition) is 4. The van der Waals surface area contributed by atoms with E-state index in [9.17, 15) is 0 Å². The first-order chi connectivity index (χ1) is 9.67. The highest BCUT2D eigenvalue weighted by molar-refractivity contribution is 5.31. The number of piperidine rings is 1. The monoisotopic (exact) mass is 274 g/mol. The fraction of sp³-hybridized carbons (Fsp3) is 0.750. The summed E-state index contributed by atoms with van der Waals surface area (Å²) in [6.45, 7) is 4.25. The topological polar surface area (TPSA) is 55.0 Å². The Labute approximate surface area is 121 Å². The van der Waals surface area contributed by atoms with Crippen LogP contribution in [0.1, 0.15) is 51.0 Å². The van der Waals surface area contributed by atoms with Crippen molar-refractivity contribution < 1.29 is 0 Å². The van der Waals surface area contributed by atoms with Crippen LogP contribution in [0.15, 0.2) is 12.4 Å². The Balaban J connectivity index is 1.60. The van der Waals surface area contributed by atoms with Crippen LogP contribution >= 0.6 is 0 Å². The highest BCUT2D eigenvalue weighted by Gasteiger charge is 2.37. The Kier molecular flexibility index (Phi) is 3.92. The maximum Gasteiger partial charge on any atom is 0.225 e. The molecular weight excluding hydrogens is 248 g/mol. The fourth-order valence-electron chi connectivity index (χ4n) is 3.79. The van der Waals surface area contributed by atoms with E-state index in [4.69, 9.17) is 5.73 Å². The predicted octanol–water partition coefficient (Wildman–Crippen LogP) is 2.53. The Bertz CT molecular complexity index is 424. The van der Waals surface area contributed by atoms with Gasteiger partial charge in [-0.2, -0.15) is 0 Å². The minimum Gasteiger partial charge on any atom is -0.341 e. The number of aromatic nitrogens is 2. The molecule has 1 unspecified atom stereocenters. The van der Waals surface area contributed by atoms with E-state index in [0.717, 1.165) is 31.0 Å². The highest BCUT2D eigenvalue weighted by Crippen LogP contribution is 2.46. The molecule has 1 saturated carbocycles. The molecule has 1 aromatic heterocycles.